The van der Waals surface area contributed by atoms with Crippen molar-refractivity contribution >= 4 is 44.3 Å². The molecular weight excluding hydrogens is 428 g/mol. The Morgan fingerprint density at radius 2 is 1.87 bits per heavy atom. The van der Waals surface area contributed by atoms with E-state index in [1.807, 2.05) is 18.2 Å². The number of fused-ring (bicyclic) bond motifs is 1. The summed E-state index contributed by atoms with van der Waals surface area (Å²) in [4.78, 5) is 28.2. The number of halogens is 1. The highest BCUT2D eigenvalue weighted by atomic mass is 35.5. The number of para-hydroxylation sites is 1. The van der Waals surface area contributed by atoms with Crippen LogP contribution in [0.2, 0.25) is 5.02 Å². The van der Waals surface area contributed by atoms with Gasteiger partial charge in [-0.15, -0.1) is 0 Å². The molecule has 156 valence electrons. The summed E-state index contributed by atoms with van der Waals surface area (Å²) in [6.07, 6.45) is 2.45. The van der Waals surface area contributed by atoms with Crippen molar-refractivity contribution in [2.75, 3.05) is 13.2 Å². The lowest BCUT2D eigenvalue weighted by molar-refractivity contribution is -0.146. The SMILES string of the molecule is O=C(COC(=O)[C@@H]1CCCN1S(=O)(=O)c1ccc(Cl)cc1)c1c[nH]c2ccccc12. The zero-order valence-electron chi connectivity index (χ0n) is 15.9. The predicted molar refractivity (Wildman–Crippen MR) is 112 cm³/mol. The Morgan fingerprint density at radius 1 is 1.13 bits per heavy atom. The summed E-state index contributed by atoms with van der Waals surface area (Å²) >= 11 is 5.83. The van der Waals surface area contributed by atoms with Crippen molar-refractivity contribution in [3.63, 3.8) is 0 Å². The van der Waals surface area contributed by atoms with Crippen molar-refractivity contribution < 1.29 is 22.7 Å². The lowest BCUT2D eigenvalue weighted by Crippen LogP contribution is -2.41. The molecule has 3 aromatic rings. The maximum Gasteiger partial charge on any atom is 0.324 e. The molecule has 1 N–H and O–H groups in total. The molecule has 2 aromatic carbocycles. The first-order valence-electron chi connectivity index (χ1n) is 9.41. The molecule has 0 unspecified atom stereocenters. The Bertz CT molecular complexity index is 1200. The van der Waals surface area contributed by atoms with E-state index in [4.69, 9.17) is 16.3 Å². The second kappa shape index (κ2) is 8.22. The van der Waals surface area contributed by atoms with E-state index in [0.717, 1.165) is 15.2 Å². The van der Waals surface area contributed by atoms with Crippen molar-refractivity contribution in [2.24, 2.45) is 0 Å². The van der Waals surface area contributed by atoms with Crippen LogP contribution in [0.1, 0.15) is 23.2 Å². The van der Waals surface area contributed by atoms with Crippen LogP contribution in [-0.4, -0.2) is 48.7 Å². The van der Waals surface area contributed by atoms with Crippen molar-refractivity contribution in [1.29, 1.82) is 0 Å². The monoisotopic (exact) mass is 446 g/mol. The van der Waals surface area contributed by atoms with Crippen molar-refractivity contribution in [1.82, 2.24) is 9.29 Å². The molecule has 0 radical (unpaired) electrons. The molecular formula is C21H19ClN2O5S. The van der Waals surface area contributed by atoms with Crippen LogP contribution in [0.15, 0.2) is 59.6 Å². The van der Waals surface area contributed by atoms with Gasteiger partial charge in [0.15, 0.2) is 6.61 Å². The summed E-state index contributed by atoms with van der Waals surface area (Å²) in [5, 5.41) is 1.16. The number of hydrogen-bond acceptors (Lipinski definition) is 5. The number of benzene rings is 2. The third-order valence-electron chi connectivity index (χ3n) is 5.13. The van der Waals surface area contributed by atoms with Gasteiger partial charge in [0.1, 0.15) is 6.04 Å². The van der Waals surface area contributed by atoms with Crippen LogP contribution in [0.5, 0.6) is 0 Å². The Kier molecular flexibility index (Phi) is 5.64. The number of Topliss-reactive ketones (excluding diaryl/α,β-unsaturated/α-hetero) is 1. The van der Waals surface area contributed by atoms with Crippen LogP contribution >= 0.6 is 11.6 Å². The number of aromatic amines is 1. The smallest absolute Gasteiger partial charge is 0.324 e. The zero-order chi connectivity index (χ0) is 21.3. The summed E-state index contributed by atoms with van der Waals surface area (Å²) in [5.74, 6) is -1.08. The summed E-state index contributed by atoms with van der Waals surface area (Å²) in [6, 6.07) is 12.1. The van der Waals surface area contributed by atoms with Crippen LogP contribution in [0.4, 0.5) is 0 Å². The molecule has 0 bridgehead atoms. The summed E-state index contributed by atoms with van der Waals surface area (Å²) in [5.41, 5.74) is 1.23. The molecule has 1 fully saturated rings. The van der Waals surface area contributed by atoms with E-state index in [-0.39, 0.29) is 17.2 Å². The van der Waals surface area contributed by atoms with Gasteiger partial charge in [0.05, 0.1) is 4.90 Å². The quantitative estimate of drug-likeness (QED) is 0.462. The minimum atomic E-state index is -3.88. The highest BCUT2D eigenvalue weighted by Crippen LogP contribution is 2.28. The fourth-order valence-electron chi connectivity index (χ4n) is 3.62. The van der Waals surface area contributed by atoms with Crippen LogP contribution in [0.25, 0.3) is 10.9 Å². The fraction of sp³-hybridized carbons (Fsp3) is 0.238. The largest absolute Gasteiger partial charge is 0.456 e. The van der Waals surface area contributed by atoms with E-state index in [0.29, 0.717) is 23.4 Å². The van der Waals surface area contributed by atoms with Crippen LogP contribution in [-0.2, 0) is 19.6 Å². The number of nitrogens with zero attached hydrogens (tertiary/aromatic N) is 1. The molecule has 7 nitrogen and oxygen atoms in total. The average Bonchev–Trinajstić information content (AvgIpc) is 3.40. The van der Waals surface area contributed by atoms with Gasteiger partial charge < -0.3 is 9.72 Å². The molecule has 0 amide bonds. The van der Waals surface area contributed by atoms with Gasteiger partial charge in [0, 0.05) is 34.2 Å². The van der Waals surface area contributed by atoms with Crippen molar-refractivity contribution in [3.05, 3.63) is 65.3 Å². The number of rotatable bonds is 6. The Balaban J connectivity index is 1.46. The van der Waals surface area contributed by atoms with Gasteiger partial charge in [-0.05, 0) is 43.2 Å². The number of ketones is 1. The number of aromatic nitrogens is 1. The number of H-pyrrole nitrogens is 1. The Morgan fingerprint density at radius 3 is 2.63 bits per heavy atom. The number of ether oxygens (including phenoxy) is 1. The van der Waals surface area contributed by atoms with Crippen molar-refractivity contribution in [2.45, 2.75) is 23.8 Å². The second-order valence-electron chi connectivity index (χ2n) is 7.01. The molecule has 4 rings (SSSR count). The highest BCUT2D eigenvalue weighted by molar-refractivity contribution is 7.89. The third kappa shape index (κ3) is 3.86. The third-order valence-corrected chi connectivity index (χ3v) is 7.31. The minimum absolute atomic E-state index is 0.0569. The van der Waals surface area contributed by atoms with Gasteiger partial charge >= 0.3 is 5.97 Å². The van der Waals surface area contributed by atoms with E-state index >= 15 is 0 Å². The average molecular weight is 447 g/mol. The van der Waals surface area contributed by atoms with E-state index < -0.39 is 28.6 Å². The number of hydrogen-bond donors (Lipinski definition) is 1. The molecule has 2 heterocycles. The maximum absolute atomic E-state index is 12.9. The molecule has 0 saturated carbocycles. The molecule has 0 aliphatic carbocycles. The van der Waals surface area contributed by atoms with E-state index in [1.54, 1.807) is 12.3 Å². The molecule has 1 atom stereocenters. The van der Waals surface area contributed by atoms with E-state index in [2.05, 4.69) is 4.98 Å². The number of carbonyl (C=O) groups is 2. The molecule has 1 aromatic heterocycles. The molecule has 9 heteroatoms. The number of sulfonamides is 1. The predicted octanol–water partition coefficient (Wildman–Crippen LogP) is 3.40. The van der Waals surface area contributed by atoms with Gasteiger partial charge in [0.2, 0.25) is 15.8 Å². The van der Waals surface area contributed by atoms with Crippen LogP contribution < -0.4 is 0 Å². The van der Waals surface area contributed by atoms with E-state index in [9.17, 15) is 18.0 Å². The first kappa shape index (κ1) is 20.6. The summed E-state index contributed by atoms with van der Waals surface area (Å²) in [7, 11) is -3.88. The van der Waals surface area contributed by atoms with Gasteiger partial charge in [-0.2, -0.15) is 4.31 Å². The summed E-state index contributed by atoms with van der Waals surface area (Å²) in [6.45, 7) is -0.243. The van der Waals surface area contributed by atoms with Gasteiger partial charge in [-0.3, -0.25) is 9.59 Å². The summed E-state index contributed by atoms with van der Waals surface area (Å²) < 4.78 is 32.2. The van der Waals surface area contributed by atoms with Gasteiger partial charge in [-0.25, -0.2) is 8.42 Å². The normalized spacial score (nSPS) is 17.3. The van der Waals surface area contributed by atoms with E-state index in [1.165, 1.54) is 24.3 Å². The van der Waals surface area contributed by atoms with Crippen LogP contribution in [0.3, 0.4) is 0 Å². The number of nitrogens with one attached hydrogen (secondary N) is 1. The lowest BCUT2D eigenvalue weighted by atomic mass is 10.1. The second-order valence-corrected chi connectivity index (χ2v) is 9.33. The van der Waals surface area contributed by atoms with Gasteiger partial charge in [0.25, 0.3) is 0 Å². The first-order valence-corrected chi connectivity index (χ1v) is 11.2. The Hall–Kier alpha value is -2.68. The molecule has 1 saturated heterocycles. The maximum atomic E-state index is 12.9. The standard InChI is InChI=1S/C21H19ClN2O5S/c22-14-7-9-15(10-8-14)30(27,28)24-11-3-6-19(24)21(26)29-13-20(25)17-12-23-18-5-2-1-4-16(17)18/h1-2,4-5,7-10,12,19,23H,3,6,11,13H2/t19-/m0/s1. The lowest BCUT2D eigenvalue weighted by Gasteiger charge is -2.22. The topological polar surface area (TPSA) is 96.5 Å². The molecule has 1 aliphatic heterocycles. The number of esters is 1. The fourth-order valence-corrected chi connectivity index (χ4v) is 5.39. The Labute approximate surface area is 178 Å². The molecule has 1 aliphatic rings. The molecule has 30 heavy (non-hydrogen) atoms. The van der Waals surface area contributed by atoms with Crippen molar-refractivity contribution in [3.8, 4) is 0 Å². The molecule has 0 spiro atoms. The number of carbonyl (C=O) groups excluding carboxylic acids is 2. The zero-order valence-corrected chi connectivity index (χ0v) is 17.4. The van der Waals surface area contributed by atoms with Crippen LogP contribution in [0, 0.1) is 0 Å². The minimum Gasteiger partial charge on any atom is -0.456 e. The highest BCUT2D eigenvalue weighted by Gasteiger charge is 2.40. The first-order chi connectivity index (χ1) is 14.4. The van der Waals surface area contributed by atoms with Gasteiger partial charge in [-0.1, -0.05) is 29.8 Å².